The van der Waals surface area contributed by atoms with E-state index in [-0.39, 0.29) is 24.7 Å². The number of amides is 4. The van der Waals surface area contributed by atoms with Crippen molar-refractivity contribution >= 4 is 57.9 Å². The third-order valence-electron chi connectivity index (χ3n) is 7.28. The van der Waals surface area contributed by atoms with Crippen LogP contribution in [0.2, 0.25) is 0 Å². The Hall–Kier alpha value is -4.07. The van der Waals surface area contributed by atoms with E-state index >= 15 is 0 Å². The summed E-state index contributed by atoms with van der Waals surface area (Å²) < 4.78 is 5.78. The van der Waals surface area contributed by atoms with Crippen LogP contribution in [0.1, 0.15) is 26.3 Å². The Bertz CT molecular complexity index is 1590. The molecule has 1 aliphatic heterocycles. The van der Waals surface area contributed by atoms with Gasteiger partial charge in [0.2, 0.25) is 11.8 Å². The Morgan fingerprint density at radius 1 is 1.11 bits per heavy atom. The Morgan fingerprint density at radius 3 is 2.55 bits per heavy atom. The van der Waals surface area contributed by atoms with Crippen LogP contribution < -0.4 is 20.7 Å². The van der Waals surface area contributed by atoms with E-state index in [1.165, 1.54) is 28.4 Å². The first-order valence-electron chi connectivity index (χ1n) is 15.1. The van der Waals surface area contributed by atoms with Gasteiger partial charge in [-0.1, -0.05) is 49.0 Å². The number of rotatable bonds is 13. The molecule has 2 heterocycles. The molecule has 2 aromatic carbocycles. The summed E-state index contributed by atoms with van der Waals surface area (Å²) in [7, 11) is 0. The van der Waals surface area contributed by atoms with E-state index in [1.807, 2.05) is 57.2 Å². The van der Waals surface area contributed by atoms with Gasteiger partial charge in [0.25, 0.3) is 11.8 Å². The zero-order valence-corrected chi connectivity index (χ0v) is 28.5. The second-order valence-electron chi connectivity index (χ2n) is 12.2. The molecule has 13 heteroatoms. The van der Waals surface area contributed by atoms with E-state index in [4.69, 9.17) is 4.74 Å². The van der Waals surface area contributed by atoms with Crippen molar-refractivity contribution in [1.82, 2.24) is 25.8 Å². The smallest absolute Gasteiger partial charge is 0.258 e. The number of aromatic nitrogens is 1. The van der Waals surface area contributed by atoms with Crippen LogP contribution in [0.3, 0.4) is 0 Å². The van der Waals surface area contributed by atoms with E-state index < -0.39 is 53.4 Å². The van der Waals surface area contributed by atoms with Gasteiger partial charge in [0.1, 0.15) is 17.8 Å². The Balaban J connectivity index is 1.48. The second-order valence-corrected chi connectivity index (χ2v) is 14.1. The van der Waals surface area contributed by atoms with Crippen molar-refractivity contribution in [2.24, 2.45) is 0 Å². The Morgan fingerprint density at radius 2 is 1.85 bits per heavy atom. The standard InChI is InChI=1S/C34H41N5O6S2/c1-21-29(32(43)38-34(2,3)4)39(20-47-21)33(44)30(41)25(16-22-10-7-6-8-11-22)37-31(42)26(19-46-5)36-28(40)18-45-27-13-9-12-23-17-35-15-14-24(23)27/h6-15,17,25-26,29-30,41H,1,16,18-20H2,2-5H3,(H,36,40)(H,37,42)(H,38,43)/t25-,26-,29-,30-/m0/s1. The van der Waals surface area contributed by atoms with Crippen molar-refractivity contribution in [1.29, 1.82) is 0 Å². The summed E-state index contributed by atoms with van der Waals surface area (Å²) >= 11 is 2.60. The van der Waals surface area contributed by atoms with Gasteiger partial charge in [0.05, 0.1) is 11.9 Å². The summed E-state index contributed by atoms with van der Waals surface area (Å²) in [6.07, 6.45) is 3.57. The van der Waals surface area contributed by atoms with E-state index in [2.05, 4.69) is 27.5 Å². The SMILES string of the molecule is C=C1SCN(C(=O)[C@@H](O)[C@H](Cc2ccccc2)NC(=O)[C@H](CSC)NC(=O)COc2cccc3cnccc23)[C@@H]1C(=O)NC(C)(C)C. The van der Waals surface area contributed by atoms with Crippen molar-refractivity contribution in [2.75, 3.05) is 24.5 Å². The highest BCUT2D eigenvalue weighted by Gasteiger charge is 2.43. The number of fused-ring (bicyclic) bond motifs is 1. The topological polar surface area (TPSA) is 150 Å². The van der Waals surface area contributed by atoms with E-state index in [1.54, 1.807) is 36.8 Å². The van der Waals surface area contributed by atoms with Crippen LogP contribution in [0.5, 0.6) is 5.75 Å². The number of ether oxygens (including phenoxy) is 1. The third kappa shape index (κ3) is 9.72. The number of aliphatic hydroxyl groups excluding tert-OH is 1. The van der Waals surface area contributed by atoms with Gasteiger partial charge in [-0.2, -0.15) is 11.8 Å². The summed E-state index contributed by atoms with van der Waals surface area (Å²) in [4.78, 5) is 59.4. The molecular formula is C34H41N5O6S2. The van der Waals surface area contributed by atoms with Crippen LogP contribution in [0.25, 0.3) is 10.8 Å². The van der Waals surface area contributed by atoms with Gasteiger partial charge in [-0.05, 0) is 51.1 Å². The average molecular weight is 680 g/mol. The number of carbonyl (C=O) groups is 4. The van der Waals surface area contributed by atoms with Crippen LogP contribution in [-0.4, -0.2) is 92.9 Å². The minimum Gasteiger partial charge on any atom is -0.483 e. The van der Waals surface area contributed by atoms with Crippen molar-refractivity contribution < 1.29 is 29.0 Å². The number of benzene rings is 2. The maximum atomic E-state index is 13.8. The minimum atomic E-state index is -1.69. The van der Waals surface area contributed by atoms with Crippen LogP contribution >= 0.6 is 23.5 Å². The number of pyridine rings is 1. The van der Waals surface area contributed by atoms with Gasteiger partial charge >= 0.3 is 0 Å². The van der Waals surface area contributed by atoms with Gasteiger partial charge in [-0.3, -0.25) is 24.2 Å². The molecule has 4 N–H and O–H groups in total. The van der Waals surface area contributed by atoms with Crippen molar-refractivity contribution in [3.8, 4) is 5.75 Å². The molecule has 0 spiro atoms. The van der Waals surface area contributed by atoms with Crippen LogP contribution in [0.15, 0.2) is 78.5 Å². The molecule has 11 nitrogen and oxygen atoms in total. The van der Waals surface area contributed by atoms with Gasteiger partial charge in [0, 0.05) is 39.4 Å². The normalized spacial score (nSPS) is 16.7. The highest BCUT2D eigenvalue weighted by molar-refractivity contribution is 8.03. The van der Waals surface area contributed by atoms with Crippen LogP contribution in [-0.2, 0) is 25.6 Å². The molecular weight excluding hydrogens is 639 g/mol. The van der Waals surface area contributed by atoms with Gasteiger partial charge in [0.15, 0.2) is 12.7 Å². The van der Waals surface area contributed by atoms with Gasteiger partial charge in [-0.25, -0.2) is 0 Å². The predicted molar refractivity (Wildman–Crippen MR) is 186 cm³/mol. The Kier molecular flexibility index (Phi) is 12.3. The minimum absolute atomic E-state index is 0.124. The number of nitrogens with one attached hydrogen (secondary N) is 3. The summed E-state index contributed by atoms with van der Waals surface area (Å²) in [5.41, 5.74) is 0.228. The molecule has 0 radical (unpaired) electrons. The zero-order chi connectivity index (χ0) is 34.1. The predicted octanol–water partition coefficient (Wildman–Crippen LogP) is 2.88. The molecule has 0 unspecified atom stereocenters. The molecule has 1 aromatic heterocycles. The van der Waals surface area contributed by atoms with E-state index in [0.29, 0.717) is 10.7 Å². The molecule has 0 bridgehead atoms. The number of nitrogens with zero attached hydrogens (tertiary/aromatic N) is 2. The third-order valence-corrected chi connectivity index (χ3v) is 8.95. The lowest BCUT2D eigenvalue weighted by atomic mass is 9.99. The molecule has 4 atom stereocenters. The fourth-order valence-corrected chi connectivity index (χ4v) is 6.62. The quantitative estimate of drug-likeness (QED) is 0.214. The first kappa shape index (κ1) is 35.8. The molecule has 250 valence electrons. The van der Waals surface area contributed by atoms with E-state index in [0.717, 1.165) is 16.3 Å². The fraction of sp³-hybridized carbons (Fsp3) is 0.382. The van der Waals surface area contributed by atoms with Gasteiger partial charge in [-0.15, -0.1) is 11.8 Å². The molecule has 47 heavy (non-hydrogen) atoms. The highest BCUT2D eigenvalue weighted by atomic mass is 32.2. The number of aliphatic hydroxyl groups is 1. The summed E-state index contributed by atoms with van der Waals surface area (Å²) in [6, 6.07) is 13.3. The second kappa shape index (κ2) is 16.2. The maximum Gasteiger partial charge on any atom is 0.258 e. The molecule has 0 saturated carbocycles. The molecule has 1 saturated heterocycles. The lowest BCUT2D eigenvalue weighted by molar-refractivity contribution is -0.146. The highest BCUT2D eigenvalue weighted by Crippen LogP contribution is 2.33. The zero-order valence-electron chi connectivity index (χ0n) is 26.9. The molecule has 4 amide bonds. The van der Waals surface area contributed by atoms with E-state index in [9.17, 15) is 24.3 Å². The first-order valence-corrected chi connectivity index (χ1v) is 17.5. The molecule has 1 aliphatic rings. The number of carbonyl (C=O) groups excluding carboxylic acids is 4. The number of thioether (sulfide) groups is 2. The molecule has 1 fully saturated rings. The lowest BCUT2D eigenvalue weighted by Crippen LogP contribution is -2.59. The maximum absolute atomic E-state index is 13.8. The average Bonchev–Trinajstić information content (AvgIpc) is 3.43. The Labute approximate surface area is 283 Å². The van der Waals surface area contributed by atoms with Crippen molar-refractivity contribution in [3.63, 3.8) is 0 Å². The first-order chi connectivity index (χ1) is 22.4. The molecule has 4 rings (SSSR count). The largest absolute Gasteiger partial charge is 0.483 e. The number of hydrogen-bond donors (Lipinski definition) is 4. The lowest BCUT2D eigenvalue weighted by Gasteiger charge is -2.32. The number of hydrogen-bond acceptors (Lipinski definition) is 9. The molecule has 3 aromatic rings. The van der Waals surface area contributed by atoms with Gasteiger partial charge < -0.3 is 30.7 Å². The van der Waals surface area contributed by atoms with Crippen LogP contribution in [0, 0.1) is 0 Å². The van der Waals surface area contributed by atoms with Crippen molar-refractivity contribution in [3.05, 3.63) is 84.0 Å². The van der Waals surface area contributed by atoms with Crippen molar-refractivity contribution in [2.45, 2.75) is 57.0 Å². The molecule has 0 aliphatic carbocycles. The summed E-state index contributed by atoms with van der Waals surface area (Å²) in [6.45, 7) is 9.13. The fourth-order valence-electron chi connectivity index (χ4n) is 5.08. The summed E-state index contributed by atoms with van der Waals surface area (Å²) in [5, 5.41) is 21.5. The summed E-state index contributed by atoms with van der Waals surface area (Å²) in [5.74, 6) is -1.33. The van der Waals surface area contributed by atoms with Crippen LogP contribution in [0.4, 0.5) is 0 Å². The monoisotopic (exact) mass is 679 g/mol.